The minimum absolute atomic E-state index is 0.0604. The molecule has 2 saturated heterocycles. The van der Waals surface area contributed by atoms with Crippen LogP contribution in [0.1, 0.15) is 31.2 Å². The molecule has 0 radical (unpaired) electrons. The molecule has 4 nitrogen and oxygen atoms in total. The van der Waals surface area contributed by atoms with Crippen LogP contribution < -0.4 is 10.1 Å². The van der Waals surface area contributed by atoms with Crippen LogP contribution in [0.15, 0.2) is 24.3 Å². The standard InChI is InChI=1S/C19H24N2O2/c22-18(21-8-3-4-13-11-20-12-16(13)21)15-10-19(15)7-9-23-17-6-2-1-5-14(17)19/h1-2,5-6,13,15-16,20H,3-4,7-12H2/t13-,15?,16+,19?/m0/s1. The van der Waals surface area contributed by atoms with Crippen molar-refractivity contribution >= 4 is 5.91 Å². The molecule has 1 saturated carbocycles. The normalized spacial score (nSPS) is 37.9. The van der Waals surface area contributed by atoms with Crippen molar-refractivity contribution in [3.63, 3.8) is 0 Å². The molecule has 3 aliphatic heterocycles. The number of rotatable bonds is 1. The van der Waals surface area contributed by atoms with E-state index in [9.17, 15) is 4.79 Å². The molecule has 1 aromatic rings. The maximum Gasteiger partial charge on any atom is 0.226 e. The van der Waals surface area contributed by atoms with E-state index in [2.05, 4.69) is 22.3 Å². The molecule has 1 aromatic carbocycles. The third-order valence-electron chi connectivity index (χ3n) is 6.56. The predicted molar refractivity (Wildman–Crippen MR) is 87.4 cm³/mol. The first kappa shape index (κ1) is 13.8. The van der Waals surface area contributed by atoms with Crippen LogP contribution in [0.5, 0.6) is 5.75 Å². The zero-order chi connectivity index (χ0) is 15.4. The highest BCUT2D eigenvalue weighted by Gasteiger charge is 2.62. The van der Waals surface area contributed by atoms with Crippen molar-refractivity contribution in [1.82, 2.24) is 10.2 Å². The number of fused-ring (bicyclic) bond motifs is 3. The maximum atomic E-state index is 13.2. The number of nitrogens with zero attached hydrogens (tertiary/aromatic N) is 1. The lowest BCUT2D eigenvalue weighted by Crippen LogP contribution is -2.49. The Morgan fingerprint density at radius 3 is 3.17 bits per heavy atom. The third kappa shape index (κ3) is 1.97. The number of ether oxygens (including phenoxy) is 1. The molecule has 1 amide bonds. The van der Waals surface area contributed by atoms with Gasteiger partial charge in [0.05, 0.1) is 6.61 Å². The highest BCUT2D eigenvalue weighted by Crippen LogP contribution is 2.61. The fourth-order valence-electron chi connectivity index (χ4n) is 5.23. The lowest BCUT2D eigenvalue weighted by atomic mass is 9.86. The summed E-state index contributed by atoms with van der Waals surface area (Å²) >= 11 is 0. The number of likely N-dealkylation sites (tertiary alicyclic amines) is 1. The number of nitrogens with one attached hydrogen (secondary N) is 1. The van der Waals surface area contributed by atoms with Crippen molar-refractivity contribution in [1.29, 1.82) is 0 Å². The first-order chi connectivity index (χ1) is 11.3. The van der Waals surface area contributed by atoms with E-state index in [0.29, 0.717) is 17.9 Å². The van der Waals surface area contributed by atoms with Crippen LogP contribution in [0.3, 0.4) is 0 Å². The van der Waals surface area contributed by atoms with Gasteiger partial charge in [0.15, 0.2) is 0 Å². The van der Waals surface area contributed by atoms with Gasteiger partial charge < -0.3 is 15.0 Å². The predicted octanol–water partition coefficient (Wildman–Crippen LogP) is 1.94. The molecule has 1 N–H and O–H groups in total. The monoisotopic (exact) mass is 312 g/mol. The van der Waals surface area contributed by atoms with Crippen LogP contribution >= 0.6 is 0 Å². The van der Waals surface area contributed by atoms with Crippen LogP contribution in [-0.2, 0) is 10.2 Å². The maximum absolute atomic E-state index is 13.2. The summed E-state index contributed by atoms with van der Waals surface area (Å²) in [5, 5.41) is 3.48. The second-order valence-corrected chi connectivity index (χ2v) is 7.67. The molecule has 0 bridgehead atoms. The molecule has 3 heterocycles. The number of carbonyl (C=O) groups is 1. The molecular weight excluding hydrogens is 288 g/mol. The van der Waals surface area contributed by atoms with E-state index in [1.807, 2.05) is 12.1 Å². The summed E-state index contributed by atoms with van der Waals surface area (Å²) in [6, 6.07) is 8.75. The first-order valence-corrected chi connectivity index (χ1v) is 9.03. The summed E-state index contributed by atoms with van der Waals surface area (Å²) in [5.41, 5.74) is 1.33. The fraction of sp³-hybridized carbons (Fsp3) is 0.632. The quantitative estimate of drug-likeness (QED) is 0.861. The number of carbonyl (C=O) groups excluding carboxylic acids is 1. The van der Waals surface area contributed by atoms with Gasteiger partial charge in [0, 0.05) is 42.6 Å². The summed E-state index contributed by atoms with van der Waals surface area (Å²) in [5.74, 6) is 2.24. The number of hydrogen-bond donors (Lipinski definition) is 1. The Morgan fingerprint density at radius 2 is 2.22 bits per heavy atom. The molecule has 23 heavy (non-hydrogen) atoms. The van der Waals surface area contributed by atoms with E-state index in [-0.39, 0.29) is 11.3 Å². The Balaban J connectivity index is 1.41. The number of para-hydroxylation sites is 1. The zero-order valence-electron chi connectivity index (χ0n) is 13.5. The van der Waals surface area contributed by atoms with Crippen LogP contribution in [0.4, 0.5) is 0 Å². The minimum Gasteiger partial charge on any atom is -0.493 e. The van der Waals surface area contributed by atoms with Crippen molar-refractivity contribution in [3.8, 4) is 5.75 Å². The zero-order valence-corrected chi connectivity index (χ0v) is 13.5. The van der Waals surface area contributed by atoms with Gasteiger partial charge in [-0.2, -0.15) is 0 Å². The second-order valence-electron chi connectivity index (χ2n) is 7.67. The van der Waals surface area contributed by atoms with Crippen molar-refractivity contribution < 1.29 is 9.53 Å². The molecule has 2 unspecified atom stereocenters. The third-order valence-corrected chi connectivity index (χ3v) is 6.56. The smallest absolute Gasteiger partial charge is 0.226 e. The van der Waals surface area contributed by atoms with Gasteiger partial charge in [-0.15, -0.1) is 0 Å². The number of hydrogen-bond acceptors (Lipinski definition) is 3. The molecular formula is C19H24N2O2. The van der Waals surface area contributed by atoms with E-state index < -0.39 is 0 Å². The molecule has 4 heteroatoms. The van der Waals surface area contributed by atoms with E-state index in [4.69, 9.17) is 4.74 Å². The van der Waals surface area contributed by atoms with Crippen LogP contribution in [0.25, 0.3) is 0 Å². The van der Waals surface area contributed by atoms with E-state index in [0.717, 1.165) is 51.3 Å². The lowest BCUT2D eigenvalue weighted by Gasteiger charge is -2.38. The van der Waals surface area contributed by atoms with Crippen LogP contribution in [0, 0.1) is 11.8 Å². The number of piperidine rings is 1. The molecule has 3 fully saturated rings. The molecule has 1 spiro atoms. The molecule has 4 aliphatic rings. The largest absolute Gasteiger partial charge is 0.493 e. The topological polar surface area (TPSA) is 41.6 Å². The number of benzene rings is 1. The Hall–Kier alpha value is -1.55. The SMILES string of the molecule is O=C(C1CC12CCOc1ccccc12)N1CCC[C@H]2CNC[C@H]21. The van der Waals surface area contributed by atoms with E-state index in [1.165, 1.54) is 12.0 Å². The Morgan fingerprint density at radius 1 is 1.30 bits per heavy atom. The van der Waals surface area contributed by atoms with Gasteiger partial charge in [0.2, 0.25) is 5.91 Å². The van der Waals surface area contributed by atoms with E-state index in [1.54, 1.807) is 0 Å². The summed E-state index contributed by atoms with van der Waals surface area (Å²) < 4.78 is 5.81. The number of amides is 1. The fourth-order valence-corrected chi connectivity index (χ4v) is 5.23. The van der Waals surface area contributed by atoms with Crippen LogP contribution in [0.2, 0.25) is 0 Å². The average Bonchev–Trinajstić information content (AvgIpc) is 3.09. The van der Waals surface area contributed by atoms with Gasteiger partial charge in [-0.25, -0.2) is 0 Å². The summed E-state index contributed by atoms with van der Waals surface area (Å²) in [6.45, 7) is 3.76. The Kier molecular flexibility index (Phi) is 2.99. The van der Waals surface area contributed by atoms with Gasteiger partial charge in [0.25, 0.3) is 0 Å². The average molecular weight is 312 g/mol. The molecule has 1 aliphatic carbocycles. The van der Waals surface area contributed by atoms with E-state index >= 15 is 0 Å². The van der Waals surface area contributed by atoms with Crippen molar-refractivity contribution in [3.05, 3.63) is 29.8 Å². The molecule has 122 valence electrons. The first-order valence-electron chi connectivity index (χ1n) is 9.03. The highest BCUT2D eigenvalue weighted by atomic mass is 16.5. The van der Waals surface area contributed by atoms with Gasteiger partial charge in [-0.05, 0) is 37.7 Å². The second kappa shape index (κ2) is 4.97. The Labute approximate surface area is 137 Å². The summed E-state index contributed by atoms with van der Waals surface area (Å²) in [6.07, 6.45) is 4.43. The van der Waals surface area contributed by atoms with Crippen LogP contribution in [-0.4, -0.2) is 43.1 Å². The minimum atomic E-state index is 0.0604. The van der Waals surface area contributed by atoms with Crippen molar-refractivity contribution in [2.45, 2.75) is 37.1 Å². The Bertz CT molecular complexity index is 646. The molecule has 5 rings (SSSR count). The molecule has 4 atom stereocenters. The van der Waals surface area contributed by atoms with Gasteiger partial charge in [-0.3, -0.25) is 4.79 Å². The van der Waals surface area contributed by atoms with Gasteiger partial charge >= 0.3 is 0 Å². The van der Waals surface area contributed by atoms with Crippen molar-refractivity contribution in [2.75, 3.05) is 26.2 Å². The van der Waals surface area contributed by atoms with Gasteiger partial charge in [0.1, 0.15) is 5.75 Å². The van der Waals surface area contributed by atoms with Gasteiger partial charge in [-0.1, -0.05) is 18.2 Å². The lowest BCUT2D eigenvalue weighted by molar-refractivity contribution is -0.137. The molecule has 0 aromatic heterocycles. The highest BCUT2D eigenvalue weighted by molar-refractivity contribution is 5.85. The van der Waals surface area contributed by atoms with Crippen molar-refractivity contribution in [2.24, 2.45) is 11.8 Å². The summed E-state index contributed by atoms with van der Waals surface area (Å²) in [4.78, 5) is 15.5. The summed E-state index contributed by atoms with van der Waals surface area (Å²) in [7, 11) is 0.